The SMILES string of the molecule is C=CCN1CC(=O)N2C(Cc3ccc(O)cc3)C(=O)N(Cc3cccc(C(=O)NC4CCCCC4)c3)CC2N1C(=O)NCc1ccccc1. The van der Waals surface area contributed by atoms with Gasteiger partial charge < -0.3 is 25.5 Å². The molecule has 3 aromatic rings. The topological polar surface area (TPSA) is 126 Å². The molecule has 1 aliphatic carbocycles. The maximum atomic E-state index is 14.3. The van der Waals surface area contributed by atoms with Gasteiger partial charge in [-0.1, -0.05) is 79.9 Å². The molecule has 11 heteroatoms. The van der Waals surface area contributed by atoms with Gasteiger partial charge in [-0.15, -0.1) is 6.58 Å². The molecule has 11 nitrogen and oxygen atoms in total. The number of carbonyl (C=O) groups is 4. The summed E-state index contributed by atoms with van der Waals surface area (Å²) in [6, 6.07) is 22.3. The Morgan fingerprint density at radius 1 is 0.898 bits per heavy atom. The van der Waals surface area contributed by atoms with Gasteiger partial charge in [0.2, 0.25) is 11.8 Å². The molecule has 3 aliphatic rings. The van der Waals surface area contributed by atoms with E-state index in [-0.39, 0.29) is 68.7 Å². The summed E-state index contributed by atoms with van der Waals surface area (Å²) in [5.74, 6) is -0.552. The van der Waals surface area contributed by atoms with E-state index in [1.807, 2.05) is 48.5 Å². The first-order valence-electron chi connectivity index (χ1n) is 17.0. The van der Waals surface area contributed by atoms with Crippen molar-refractivity contribution in [3.8, 4) is 5.75 Å². The van der Waals surface area contributed by atoms with Crippen LogP contribution >= 0.6 is 0 Å². The first-order valence-corrected chi connectivity index (χ1v) is 17.0. The van der Waals surface area contributed by atoms with E-state index >= 15 is 0 Å². The fourth-order valence-corrected chi connectivity index (χ4v) is 7.10. The third-order valence-corrected chi connectivity index (χ3v) is 9.53. The number of phenols is 1. The van der Waals surface area contributed by atoms with Crippen molar-refractivity contribution < 1.29 is 24.3 Å². The van der Waals surface area contributed by atoms with Gasteiger partial charge in [0.05, 0.1) is 13.1 Å². The van der Waals surface area contributed by atoms with Gasteiger partial charge in [-0.3, -0.25) is 14.4 Å². The van der Waals surface area contributed by atoms with Gasteiger partial charge in [-0.05, 0) is 53.8 Å². The molecule has 3 fully saturated rings. The Morgan fingerprint density at radius 2 is 1.63 bits per heavy atom. The Morgan fingerprint density at radius 3 is 2.37 bits per heavy atom. The third-order valence-electron chi connectivity index (χ3n) is 9.53. The van der Waals surface area contributed by atoms with Crippen LogP contribution in [0.2, 0.25) is 0 Å². The molecule has 6 rings (SSSR count). The predicted molar refractivity (Wildman–Crippen MR) is 185 cm³/mol. The van der Waals surface area contributed by atoms with Crippen LogP contribution in [0.25, 0.3) is 0 Å². The Balaban J connectivity index is 1.29. The molecule has 3 N–H and O–H groups in total. The summed E-state index contributed by atoms with van der Waals surface area (Å²) >= 11 is 0. The number of hydrogen-bond donors (Lipinski definition) is 3. The zero-order chi connectivity index (χ0) is 34.3. The maximum Gasteiger partial charge on any atom is 0.334 e. The molecular weight excluding hydrogens is 620 g/mol. The summed E-state index contributed by atoms with van der Waals surface area (Å²) in [5.41, 5.74) is 2.99. The second-order valence-corrected chi connectivity index (χ2v) is 13.0. The quantitative estimate of drug-likeness (QED) is 0.279. The van der Waals surface area contributed by atoms with E-state index in [1.54, 1.807) is 56.2 Å². The molecule has 5 amide bonds. The molecule has 0 radical (unpaired) electrons. The molecule has 2 unspecified atom stereocenters. The Labute approximate surface area is 287 Å². The maximum absolute atomic E-state index is 14.3. The van der Waals surface area contributed by atoms with Crippen LogP contribution in [0.1, 0.15) is 59.2 Å². The Bertz CT molecular complexity index is 1660. The number of nitrogens with one attached hydrogen (secondary N) is 2. The molecule has 3 aromatic carbocycles. The fourth-order valence-electron chi connectivity index (χ4n) is 7.10. The summed E-state index contributed by atoms with van der Waals surface area (Å²) in [5, 5.41) is 19.3. The molecule has 49 heavy (non-hydrogen) atoms. The van der Waals surface area contributed by atoms with Crippen LogP contribution in [-0.2, 0) is 29.1 Å². The number of benzene rings is 3. The lowest BCUT2D eigenvalue weighted by Gasteiger charge is -2.55. The molecule has 2 atom stereocenters. The number of rotatable bonds is 10. The van der Waals surface area contributed by atoms with Crippen molar-refractivity contribution in [2.24, 2.45) is 0 Å². The van der Waals surface area contributed by atoms with Gasteiger partial charge in [0.25, 0.3) is 5.91 Å². The van der Waals surface area contributed by atoms with Crippen LogP contribution < -0.4 is 10.6 Å². The van der Waals surface area contributed by atoms with Crippen molar-refractivity contribution in [3.05, 3.63) is 114 Å². The van der Waals surface area contributed by atoms with E-state index in [2.05, 4.69) is 17.2 Å². The van der Waals surface area contributed by atoms with Gasteiger partial charge in [0, 0.05) is 37.7 Å². The normalized spacial score (nSPS) is 20.1. The van der Waals surface area contributed by atoms with Crippen molar-refractivity contribution in [1.29, 1.82) is 0 Å². The highest BCUT2D eigenvalue weighted by Crippen LogP contribution is 2.30. The van der Waals surface area contributed by atoms with Crippen LogP contribution in [0.3, 0.4) is 0 Å². The van der Waals surface area contributed by atoms with Crippen molar-refractivity contribution in [2.75, 3.05) is 19.6 Å². The molecule has 1 saturated carbocycles. The van der Waals surface area contributed by atoms with E-state index in [1.165, 1.54) is 6.42 Å². The Kier molecular flexibility index (Phi) is 10.6. The molecule has 0 spiro atoms. The average Bonchev–Trinajstić information content (AvgIpc) is 3.11. The number of hydrogen-bond acceptors (Lipinski definition) is 6. The number of fused-ring (bicyclic) bond motifs is 1. The number of piperazine rings is 1. The lowest BCUT2D eigenvalue weighted by molar-refractivity contribution is -0.189. The first kappa shape index (κ1) is 33.7. The van der Waals surface area contributed by atoms with E-state index in [0.717, 1.165) is 42.4 Å². The van der Waals surface area contributed by atoms with Gasteiger partial charge >= 0.3 is 6.03 Å². The minimum Gasteiger partial charge on any atom is -0.508 e. The Hall–Kier alpha value is -5.16. The van der Waals surface area contributed by atoms with Crippen molar-refractivity contribution in [1.82, 2.24) is 30.5 Å². The number of urea groups is 1. The van der Waals surface area contributed by atoms with E-state index in [4.69, 9.17) is 0 Å². The van der Waals surface area contributed by atoms with Crippen LogP contribution in [0.4, 0.5) is 4.79 Å². The monoisotopic (exact) mass is 664 g/mol. The number of aromatic hydroxyl groups is 1. The van der Waals surface area contributed by atoms with Crippen molar-refractivity contribution in [2.45, 2.75) is 69.9 Å². The smallest absolute Gasteiger partial charge is 0.334 e. The molecular formula is C38H44N6O5. The summed E-state index contributed by atoms with van der Waals surface area (Å²) in [6.07, 6.45) is 6.41. The first-order chi connectivity index (χ1) is 23.8. The van der Waals surface area contributed by atoms with E-state index < -0.39 is 18.2 Å². The van der Waals surface area contributed by atoms with Crippen molar-refractivity contribution in [3.63, 3.8) is 0 Å². The van der Waals surface area contributed by atoms with Gasteiger partial charge in [-0.2, -0.15) is 0 Å². The standard InChI is InChI=1S/C38H44N6O5/c1-2-20-42-26-35(46)43-33(22-27-16-18-32(45)19-17-27)37(48)41(25-34(43)44(42)38(49)39-23-28-10-5-3-6-11-28)24-29-12-9-13-30(21-29)36(47)40-31-14-7-4-8-15-31/h2-3,5-6,9-13,16-19,21,31,33-34,45H,1,4,7-8,14-15,20,22-26H2,(H,39,49)(H,40,47). The number of carbonyl (C=O) groups excluding carboxylic acids is 4. The highest BCUT2D eigenvalue weighted by molar-refractivity contribution is 5.95. The third kappa shape index (κ3) is 7.94. The highest BCUT2D eigenvalue weighted by Gasteiger charge is 2.51. The van der Waals surface area contributed by atoms with Gasteiger partial charge in [0.1, 0.15) is 18.0 Å². The summed E-state index contributed by atoms with van der Waals surface area (Å²) in [7, 11) is 0. The lowest BCUT2D eigenvalue weighted by atomic mass is 9.95. The summed E-state index contributed by atoms with van der Waals surface area (Å²) < 4.78 is 0. The molecule has 2 aliphatic heterocycles. The van der Waals surface area contributed by atoms with E-state index in [9.17, 15) is 24.3 Å². The number of nitrogens with zero attached hydrogens (tertiary/aromatic N) is 4. The fraction of sp³-hybridized carbons (Fsp3) is 0.368. The van der Waals surface area contributed by atoms with Crippen molar-refractivity contribution >= 4 is 23.8 Å². The molecule has 2 heterocycles. The van der Waals surface area contributed by atoms with Crippen LogP contribution in [0.15, 0.2) is 91.5 Å². The van der Waals surface area contributed by atoms with Gasteiger partial charge in [0.15, 0.2) is 0 Å². The number of amides is 5. The highest BCUT2D eigenvalue weighted by atomic mass is 16.3. The summed E-state index contributed by atoms with van der Waals surface area (Å²) in [4.78, 5) is 58.6. The predicted octanol–water partition coefficient (Wildman–Crippen LogP) is 4.19. The molecule has 0 bridgehead atoms. The second-order valence-electron chi connectivity index (χ2n) is 13.0. The van der Waals surface area contributed by atoms with Gasteiger partial charge in [-0.25, -0.2) is 14.8 Å². The largest absolute Gasteiger partial charge is 0.508 e. The molecule has 256 valence electrons. The lowest BCUT2D eigenvalue weighted by Crippen LogP contribution is -2.76. The second kappa shape index (κ2) is 15.4. The zero-order valence-corrected chi connectivity index (χ0v) is 27.7. The van der Waals surface area contributed by atoms with Crippen LogP contribution in [0, 0.1) is 0 Å². The molecule has 2 saturated heterocycles. The van der Waals surface area contributed by atoms with E-state index in [0.29, 0.717) is 5.56 Å². The number of hydrazine groups is 1. The minimum absolute atomic E-state index is 0.0710. The average molecular weight is 665 g/mol. The summed E-state index contributed by atoms with van der Waals surface area (Å²) in [6.45, 7) is 4.55. The molecule has 0 aromatic heterocycles. The minimum atomic E-state index is -0.899. The zero-order valence-electron chi connectivity index (χ0n) is 27.7. The van der Waals surface area contributed by atoms with Crippen LogP contribution in [-0.4, -0.2) is 86.6 Å². The van der Waals surface area contributed by atoms with Crippen LogP contribution in [0.5, 0.6) is 5.75 Å². The number of phenolic OH excluding ortho intramolecular Hbond substituents is 1.